The number of aryl methyl sites for hydroxylation is 1. The second kappa shape index (κ2) is 12.6. The smallest absolute Gasteiger partial charge is 0.241 e. The van der Waals surface area contributed by atoms with Crippen molar-refractivity contribution >= 4 is 28.6 Å². The van der Waals surface area contributed by atoms with Crippen LogP contribution in [0.1, 0.15) is 56.0 Å². The Labute approximate surface area is 255 Å². The van der Waals surface area contributed by atoms with Crippen LogP contribution in [-0.4, -0.2) is 69.1 Å². The molecule has 4 heterocycles. The maximum atomic E-state index is 15.5. The summed E-state index contributed by atoms with van der Waals surface area (Å²) in [5, 5.41) is 10.3. The van der Waals surface area contributed by atoms with Crippen LogP contribution in [0.25, 0.3) is 11.2 Å². The summed E-state index contributed by atoms with van der Waals surface area (Å²) in [7, 11) is 0. The highest BCUT2D eigenvalue weighted by Gasteiger charge is 2.35. The molecule has 2 saturated heterocycles. The Morgan fingerprint density at radius 1 is 1.07 bits per heavy atom. The first-order valence-electron chi connectivity index (χ1n) is 15.3. The van der Waals surface area contributed by atoms with Crippen molar-refractivity contribution in [3.8, 4) is 0 Å². The molecule has 0 spiro atoms. The SMILES string of the molecule is CC[C@@H]1CN(c2nc(NN)nc3c2nc(C)n3C[C@@H]2CCCO2)[C@@H](C)CN1c1cc(C(CO)c2ccc(F)cc2)ccc1F. The zero-order chi connectivity index (χ0) is 31.0. The number of hydrogen-bond donors (Lipinski definition) is 3. The molecule has 4 N–H and O–H groups in total. The molecule has 0 amide bonds. The molecule has 2 aromatic heterocycles. The molecule has 0 saturated carbocycles. The minimum absolute atomic E-state index is 0.0382. The summed E-state index contributed by atoms with van der Waals surface area (Å²) < 4.78 is 37.1. The Morgan fingerprint density at radius 2 is 1.84 bits per heavy atom. The first-order valence-corrected chi connectivity index (χ1v) is 15.3. The Kier molecular flexibility index (Phi) is 8.66. The van der Waals surface area contributed by atoms with Gasteiger partial charge >= 0.3 is 0 Å². The fraction of sp³-hybridized carbons (Fsp3) is 0.469. The average molecular weight is 607 g/mol. The van der Waals surface area contributed by atoms with Gasteiger partial charge in [0.1, 0.15) is 17.5 Å². The lowest BCUT2D eigenvalue weighted by atomic mass is 9.91. The second-order valence-corrected chi connectivity index (χ2v) is 11.8. The molecule has 2 aliphatic heterocycles. The molecule has 2 aliphatic rings. The number of halogens is 2. The van der Waals surface area contributed by atoms with E-state index in [0.29, 0.717) is 48.3 Å². The number of aromatic nitrogens is 4. The first-order chi connectivity index (χ1) is 21.3. The summed E-state index contributed by atoms with van der Waals surface area (Å²) in [5.41, 5.74) is 6.05. The van der Waals surface area contributed by atoms with Gasteiger partial charge in [0.25, 0.3) is 0 Å². The van der Waals surface area contributed by atoms with E-state index in [4.69, 9.17) is 20.5 Å². The highest BCUT2D eigenvalue weighted by atomic mass is 19.1. The third kappa shape index (κ3) is 5.69. The summed E-state index contributed by atoms with van der Waals surface area (Å²) in [6, 6.07) is 10.9. The van der Waals surface area contributed by atoms with Gasteiger partial charge in [-0.25, -0.2) is 19.6 Å². The Hall–Kier alpha value is -3.87. The van der Waals surface area contributed by atoms with Crippen LogP contribution in [0.15, 0.2) is 42.5 Å². The van der Waals surface area contributed by atoms with Crippen molar-refractivity contribution in [2.75, 3.05) is 41.5 Å². The van der Waals surface area contributed by atoms with Crippen molar-refractivity contribution < 1.29 is 18.6 Å². The molecular formula is C32H40F2N8O2. The van der Waals surface area contributed by atoms with Gasteiger partial charge in [0.2, 0.25) is 5.95 Å². The van der Waals surface area contributed by atoms with Crippen molar-refractivity contribution in [1.82, 2.24) is 19.5 Å². The molecule has 4 atom stereocenters. The van der Waals surface area contributed by atoms with Gasteiger partial charge in [-0.3, -0.25) is 5.43 Å². The van der Waals surface area contributed by atoms with Gasteiger partial charge in [-0.2, -0.15) is 9.97 Å². The number of nitrogens with zero attached hydrogens (tertiary/aromatic N) is 6. The predicted molar refractivity (Wildman–Crippen MR) is 167 cm³/mol. The molecule has 12 heteroatoms. The van der Waals surface area contributed by atoms with Gasteiger partial charge in [0.15, 0.2) is 17.0 Å². The number of piperazine rings is 1. The number of aliphatic hydroxyl groups excluding tert-OH is 1. The predicted octanol–water partition coefficient (Wildman–Crippen LogP) is 4.50. The highest BCUT2D eigenvalue weighted by molar-refractivity contribution is 5.86. The van der Waals surface area contributed by atoms with Crippen LogP contribution >= 0.6 is 0 Å². The number of aliphatic hydroxyl groups is 1. The van der Waals surface area contributed by atoms with Gasteiger partial charge in [-0.05, 0) is 68.5 Å². The minimum atomic E-state index is -0.404. The van der Waals surface area contributed by atoms with E-state index in [1.165, 1.54) is 18.2 Å². The maximum Gasteiger partial charge on any atom is 0.241 e. The Morgan fingerprint density at radius 3 is 2.52 bits per heavy atom. The van der Waals surface area contributed by atoms with E-state index < -0.39 is 5.92 Å². The maximum absolute atomic E-state index is 15.5. The molecule has 1 unspecified atom stereocenters. The van der Waals surface area contributed by atoms with Crippen LogP contribution in [-0.2, 0) is 11.3 Å². The Balaban J connectivity index is 1.33. The zero-order valence-electron chi connectivity index (χ0n) is 25.4. The molecule has 4 aromatic rings. The normalized spacial score (nSPS) is 21.3. The minimum Gasteiger partial charge on any atom is -0.395 e. The van der Waals surface area contributed by atoms with E-state index in [0.717, 1.165) is 42.8 Å². The van der Waals surface area contributed by atoms with E-state index in [1.54, 1.807) is 18.2 Å². The number of nitrogens with two attached hydrogens (primary N) is 1. The van der Waals surface area contributed by atoms with Crippen molar-refractivity contribution in [2.24, 2.45) is 5.84 Å². The number of rotatable bonds is 9. The van der Waals surface area contributed by atoms with Crippen LogP contribution in [0.3, 0.4) is 0 Å². The fourth-order valence-electron chi connectivity index (χ4n) is 6.61. The van der Waals surface area contributed by atoms with Gasteiger partial charge in [0, 0.05) is 37.7 Å². The van der Waals surface area contributed by atoms with E-state index >= 15 is 4.39 Å². The van der Waals surface area contributed by atoms with Gasteiger partial charge in [-0.1, -0.05) is 25.1 Å². The van der Waals surface area contributed by atoms with E-state index in [-0.39, 0.29) is 36.4 Å². The number of nitrogen functional groups attached to an aromatic ring is 1. The monoisotopic (exact) mass is 606 g/mol. The summed E-state index contributed by atoms with van der Waals surface area (Å²) in [5.74, 6) is 6.57. The number of ether oxygens (including phenoxy) is 1. The van der Waals surface area contributed by atoms with E-state index in [1.807, 2.05) is 13.0 Å². The van der Waals surface area contributed by atoms with Crippen molar-refractivity contribution in [2.45, 2.75) is 70.7 Å². The van der Waals surface area contributed by atoms with Gasteiger partial charge in [-0.15, -0.1) is 0 Å². The quantitative estimate of drug-likeness (QED) is 0.187. The molecule has 6 rings (SSSR count). The molecule has 10 nitrogen and oxygen atoms in total. The molecule has 2 fully saturated rings. The van der Waals surface area contributed by atoms with Crippen LogP contribution in [0.5, 0.6) is 0 Å². The largest absolute Gasteiger partial charge is 0.395 e. The summed E-state index contributed by atoms with van der Waals surface area (Å²) in [6.07, 6.45) is 2.92. The summed E-state index contributed by atoms with van der Waals surface area (Å²) >= 11 is 0. The first kappa shape index (κ1) is 30.2. The number of hydrogen-bond acceptors (Lipinski definition) is 9. The average Bonchev–Trinajstić information content (AvgIpc) is 3.66. The lowest BCUT2D eigenvalue weighted by Gasteiger charge is -2.47. The zero-order valence-corrected chi connectivity index (χ0v) is 25.4. The number of hydrazine groups is 1. The number of benzene rings is 2. The molecule has 2 aromatic carbocycles. The topological polar surface area (TPSA) is 118 Å². The van der Waals surface area contributed by atoms with E-state index in [9.17, 15) is 9.50 Å². The van der Waals surface area contributed by atoms with Crippen LogP contribution in [0, 0.1) is 18.6 Å². The standard InChI is InChI=1S/C32H40F2N8O2/c1-4-24-16-40(30-29-31(38-32(37-30)39-35)41(20(3)36-29)17-25-6-5-13-44-25)19(2)15-42(24)28-14-22(9-12-27(28)34)26(18-43)21-7-10-23(33)11-8-21/h7-12,14,19,24-26,43H,4-6,13,15-18,35H2,1-3H3,(H,37,38,39)/t19-,24+,25-,26?/m0/s1. The third-order valence-electron chi connectivity index (χ3n) is 9.03. The molecule has 234 valence electrons. The number of fused-ring (bicyclic) bond motifs is 1. The van der Waals surface area contributed by atoms with Crippen LogP contribution in [0.2, 0.25) is 0 Å². The van der Waals surface area contributed by atoms with Gasteiger partial charge in [0.05, 0.1) is 24.9 Å². The number of nitrogens with one attached hydrogen (secondary N) is 1. The summed E-state index contributed by atoms with van der Waals surface area (Å²) in [6.45, 7) is 8.50. The van der Waals surface area contributed by atoms with Crippen molar-refractivity contribution in [3.05, 3.63) is 71.1 Å². The van der Waals surface area contributed by atoms with Crippen molar-refractivity contribution in [1.29, 1.82) is 0 Å². The lowest BCUT2D eigenvalue weighted by molar-refractivity contribution is 0.0973. The third-order valence-corrected chi connectivity index (χ3v) is 9.03. The molecule has 0 radical (unpaired) electrons. The molecule has 0 aliphatic carbocycles. The Bertz CT molecular complexity index is 1610. The van der Waals surface area contributed by atoms with Crippen molar-refractivity contribution in [3.63, 3.8) is 0 Å². The fourth-order valence-corrected chi connectivity index (χ4v) is 6.61. The lowest BCUT2D eigenvalue weighted by Crippen LogP contribution is -2.58. The second-order valence-electron chi connectivity index (χ2n) is 11.8. The highest BCUT2D eigenvalue weighted by Crippen LogP contribution is 2.36. The molecule has 44 heavy (non-hydrogen) atoms. The number of imidazole rings is 1. The van der Waals surface area contributed by atoms with Gasteiger partial charge < -0.3 is 24.2 Å². The number of anilines is 3. The van der Waals surface area contributed by atoms with Crippen LogP contribution < -0.4 is 21.1 Å². The molecular weight excluding hydrogens is 566 g/mol. The summed E-state index contributed by atoms with van der Waals surface area (Å²) in [4.78, 5) is 18.7. The van der Waals surface area contributed by atoms with E-state index in [2.05, 4.69) is 38.6 Å². The molecule has 0 bridgehead atoms. The van der Waals surface area contributed by atoms with Crippen LogP contribution in [0.4, 0.5) is 26.2 Å².